The number of para-hydroxylation sites is 1. The van der Waals surface area contributed by atoms with Gasteiger partial charge in [-0.15, -0.1) is 0 Å². The molecule has 3 aromatic rings. The van der Waals surface area contributed by atoms with E-state index in [2.05, 4.69) is 21.3 Å². The molecular formula is C23H24N4O4. The number of hydrogen-bond acceptors (Lipinski definition) is 4. The zero-order valence-electron chi connectivity index (χ0n) is 17.3. The van der Waals surface area contributed by atoms with Gasteiger partial charge in [0.15, 0.2) is 0 Å². The fourth-order valence-electron chi connectivity index (χ4n) is 2.92. The topological polar surface area (TPSA) is 112 Å². The summed E-state index contributed by atoms with van der Waals surface area (Å²) in [7, 11) is 0. The summed E-state index contributed by atoms with van der Waals surface area (Å²) in [6.07, 6.45) is 1.43. The number of benzene rings is 2. The lowest BCUT2D eigenvalue weighted by Crippen LogP contribution is -2.38. The van der Waals surface area contributed by atoms with Crippen LogP contribution < -0.4 is 21.3 Å². The van der Waals surface area contributed by atoms with E-state index in [4.69, 9.17) is 4.42 Å². The number of rotatable bonds is 7. The van der Waals surface area contributed by atoms with Gasteiger partial charge >= 0.3 is 6.03 Å². The molecule has 0 radical (unpaired) electrons. The Bertz CT molecular complexity index is 1040. The van der Waals surface area contributed by atoms with Gasteiger partial charge in [0.1, 0.15) is 5.76 Å². The zero-order valence-corrected chi connectivity index (χ0v) is 17.3. The number of carbonyl (C=O) groups is 3. The Kier molecular flexibility index (Phi) is 7.05. The second-order valence-corrected chi connectivity index (χ2v) is 6.93. The van der Waals surface area contributed by atoms with Crippen LogP contribution in [-0.2, 0) is 4.79 Å². The smallest absolute Gasteiger partial charge is 0.323 e. The summed E-state index contributed by atoms with van der Waals surface area (Å²) in [6.45, 7) is 3.37. The van der Waals surface area contributed by atoms with Crippen molar-refractivity contribution in [3.05, 3.63) is 83.8 Å². The van der Waals surface area contributed by atoms with Crippen LogP contribution in [-0.4, -0.2) is 24.4 Å². The molecule has 0 aliphatic rings. The van der Waals surface area contributed by atoms with E-state index in [-0.39, 0.29) is 30.4 Å². The molecule has 0 aliphatic heterocycles. The number of aryl methyl sites for hydroxylation is 1. The van der Waals surface area contributed by atoms with Crippen molar-refractivity contribution in [2.45, 2.75) is 19.9 Å². The van der Waals surface area contributed by atoms with Crippen LogP contribution in [0.1, 0.15) is 34.6 Å². The van der Waals surface area contributed by atoms with Crippen LogP contribution >= 0.6 is 0 Å². The highest BCUT2D eigenvalue weighted by atomic mass is 16.3. The molecule has 3 rings (SSSR count). The van der Waals surface area contributed by atoms with Gasteiger partial charge < -0.3 is 25.7 Å². The van der Waals surface area contributed by atoms with E-state index in [1.807, 2.05) is 37.3 Å². The number of hydrogen-bond donors (Lipinski definition) is 4. The second-order valence-electron chi connectivity index (χ2n) is 6.93. The first-order chi connectivity index (χ1) is 14.9. The zero-order chi connectivity index (χ0) is 22.2. The van der Waals surface area contributed by atoms with Crippen LogP contribution in [0.3, 0.4) is 0 Å². The number of furan rings is 1. The molecule has 4 N–H and O–H groups in total. The van der Waals surface area contributed by atoms with Crippen molar-refractivity contribution in [2.24, 2.45) is 0 Å². The average Bonchev–Trinajstić information content (AvgIpc) is 3.19. The lowest BCUT2D eigenvalue weighted by Gasteiger charge is -2.15. The van der Waals surface area contributed by atoms with Crippen molar-refractivity contribution in [1.82, 2.24) is 10.6 Å². The Morgan fingerprint density at radius 1 is 0.903 bits per heavy atom. The molecule has 0 saturated heterocycles. The van der Waals surface area contributed by atoms with Crippen LogP contribution in [0.15, 0.2) is 71.3 Å². The van der Waals surface area contributed by atoms with Crippen molar-refractivity contribution >= 4 is 29.2 Å². The molecule has 0 fully saturated rings. The summed E-state index contributed by atoms with van der Waals surface area (Å²) in [5, 5.41) is 10.9. The molecule has 1 aromatic heterocycles. The third-order valence-corrected chi connectivity index (χ3v) is 4.59. The predicted molar refractivity (Wildman–Crippen MR) is 118 cm³/mol. The maximum atomic E-state index is 12.2. The van der Waals surface area contributed by atoms with E-state index in [1.165, 1.54) is 6.26 Å². The molecule has 31 heavy (non-hydrogen) atoms. The fraction of sp³-hybridized carbons (Fsp3) is 0.174. The van der Waals surface area contributed by atoms with E-state index in [0.29, 0.717) is 22.7 Å². The lowest BCUT2D eigenvalue weighted by molar-refractivity contribution is -0.120. The summed E-state index contributed by atoms with van der Waals surface area (Å²) >= 11 is 0. The van der Waals surface area contributed by atoms with Crippen LogP contribution in [0.25, 0.3) is 0 Å². The van der Waals surface area contributed by atoms with Crippen LogP contribution in [0.5, 0.6) is 0 Å². The number of anilines is 2. The second kappa shape index (κ2) is 10.1. The summed E-state index contributed by atoms with van der Waals surface area (Å²) in [5.74, 6) is -0.179. The van der Waals surface area contributed by atoms with Gasteiger partial charge in [-0.1, -0.05) is 30.3 Å². The van der Waals surface area contributed by atoms with Gasteiger partial charge in [-0.25, -0.2) is 4.79 Å². The summed E-state index contributed by atoms with van der Waals surface area (Å²) in [5.41, 5.74) is 2.58. The Morgan fingerprint density at radius 3 is 2.16 bits per heavy atom. The van der Waals surface area contributed by atoms with Crippen molar-refractivity contribution < 1.29 is 18.8 Å². The first-order valence-electron chi connectivity index (χ1n) is 9.77. The molecule has 1 unspecified atom stereocenters. The Hall–Kier alpha value is -4.07. The Labute approximate surface area is 180 Å². The average molecular weight is 420 g/mol. The molecule has 0 saturated carbocycles. The highest BCUT2D eigenvalue weighted by molar-refractivity contribution is 5.99. The van der Waals surface area contributed by atoms with Gasteiger partial charge in [-0.2, -0.15) is 0 Å². The van der Waals surface area contributed by atoms with E-state index in [9.17, 15) is 14.4 Å². The van der Waals surface area contributed by atoms with Crippen LogP contribution in [0, 0.1) is 6.92 Å². The van der Waals surface area contributed by atoms with Crippen molar-refractivity contribution in [3.8, 4) is 0 Å². The third kappa shape index (κ3) is 6.20. The minimum atomic E-state index is -0.363. The van der Waals surface area contributed by atoms with Crippen molar-refractivity contribution in [2.75, 3.05) is 17.2 Å². The van der Waals surface area contributed by atoms with Gasteiger partial charge in [0.25, 0.3) is 5.91 Å². The predicted octanol–water partition coefficient (Wildman–Crippen LogP) is 3.84. The number of urea groups is 1. The number of carbonyl (C=O) groups excluding carboxylic acids is 3. The quantitative estimate of drug-likeness (QED) is 0.465. The first-order valence-corrected chi connectivity index (χ1v) is 9.77. The molecule has 8 heteroatoms. The number of nitrogens with one attached hydrogen (secondary N) is 4. The highest BCUT2D eigenvalue weighted by Gasteiger charge is 2.14. The van der Waals surface area contributed by atoms with Crippen LogP contribution in [0.2, 0.25) is 0 Å². The Balaban J connectivity index is 1.46. The van der Waals surface area contributed by atoms with Crippen LogP contribution in [0.4, 0.5) is 16.2 Å². The van der Waals surface area contributed by atoms with E-state index < -0.39 is 0 Å². The minimum Gasteiger partial charge on any atom is -0.469 e. The normalized spacial score (nSPS) is 11.3. The maximum absolute atomic E-state index is 12.2. The Morgan fingerprint density at radius 2 is 1.55 bits per heavy atom. The molecule has 160 valence electrons. The SMILES string of the molecule is Cc1occc1C(=O)NCC(=O)NC(C)c1ccc(NC(=O)Nc2ccccc2)cc1. The molecule has 1 atom stereocenters. The summed E-state index contributed by atoms with van der Waals surface area (Å²) in [4.78, 5) is 36.3. The molecule has 1 heterocycles. The lowest BCUT2D eigenvalue weighted by atomic mass is 10.1. The van der Waals surface area contributed by atoms with E-state index in [1.54, 1.807) is 37.3 Å². The van der Waals surface area contributed by atoms with Gasteiger partial charge in [-0.3, -0.25) is 9.59 Å². The minimum absolute atomic E-state index is 0.146. The largest absolute Gasteiger partial charge is 0.469 e. The molecule has 8 nitrogen and oxygen atoms in total. The van der Waals surface area contributed by atoms with Crippen molar-refractivity contribution in [1.29, 1.82) is 0 Å². The highest BCUT2D eigenvalue weighted by Crippen LogP contribution is 2.16. The molecule has 0 bridgehead atoms. The molecule has 2 aromatic carbocycles. The summed E-state index contributed by atoms with van der Waals surface area (Å²) in [6, 6.07) is 17.2. The summed E-state index contributed by atoms with van der Waals surface area (Å²) < 4.78 is 5.09. The first kappa shape index (κ1) is 21.6. The van der Waals surface area contributed by atoms with E-state index >= 15 is 0 Å². The number of amides is 4. The molecule has 0 aliphatic carbocycles. The van der Waals surface area contributed by atoms with Gasteiger partial charge in [-0.05, 0) is 49.7 Å². The van der Waals surface area contributed by atoms with E-state index in [0.717, 1.165) is 5.56 Å². The van der Waals surface area contributed by atoms with Gasteiger partial charge in [0.2, 0.25) is 5.91 Å². The molecular weight excluding hydrogens is 396 g/mol. The standard InChI is InChI=1S/C23H24N4O4/c1-15(25-21(28)14-24-22(29)20-12-13-31-16(20)2)17-8-10-19(11-9-17)27-23(30)26-18-6-4-3-5-7-18/h3-13,15H,14H2,1-2H3,(H,24,29)(H,25,28)(H2,26,27,30). The molecule has 0 spiro atoms. The fourth-order valence-corrected chi connectivity index (χ4v) is 2.92. The van der Waals surface area contributed by atoms with Gasteiger partial charge in [0.05, 0.1) is 24.4 Å². The van der Waals surface area contributed by atoms with Crippen molar-refractivity contribution in [3.63, 3.8) is 0 Å². The monoisotopic (exact) mass is 420 g/mol. The van der Waals surface area contributed by atoms with Gasteiger partial charge in [0, 0.05) is 11.4 Å². The third-order valence-electron chi connectivity index (χ3n) is 4.59. The molecule has 4 amide bonds. The maximum Gasteiger partial charge on any atom is 0.323 e.